The first-order chi connectivity index (χ1) is 9.06. The SMILES string of the molecule is Cc1cccc(-c2nc3c(Cl)nc(I)nc3n2C)c1. The number of benzene rings is 1. The Bertz CT molecular complexity index is 782. The van der Waals surface area contributed by atoms with Gasteiger partial charge in [0.25, 0.3) is 0 Å². The van der Waals surface area contributed by atoms with Gasteiger partial charge in [-0.1, -0.05) is 35.4 Å². The fourth-order valence-electron chi connectivity index (χ4n) is 2.05. The molecule has 2 aromatic heterocycles. The molecule has 1 aromatic carbocycles. The van der Waals surface area contributed by atoms with Crippen molar-refractivity contribution in [3.05, 3.63) is 38.8 Å². The van der Waals surface area contributed by atoms with E-state index < -0.39 is 0 Å². The highest BCUT2D eigenvalue weighted by atomic mass is 127. The second-order valence-corrected chi connectivity index (χ2v) is 5.64. The number of hydrogen-bond acceptors (Lipinski definition) is 3. The molecule has 0 N–H and O–H groups in total. The molecule has 96 valence electrons. The van der Waals surface area contributed by atoms with Crippen LogP contribution in [0.1, 0.15) is 5.56 Å². The zero-order chi connectivity index (χ0) is 13.6. The molecule has 19 heavy (non-hydrogen) atoms. The fourth-order valence-corrected chi connectivity index (χ4v) is 2.86. The number of rotatable bonds is 1. The van der Waals surface area contributed by atoms with E-state index in [1.807, 2.05) is 23.7 Å². The van der Waals surface area contributed by atoms with Crippen molar-refractivity contribution in [2.24, 2.45) is 7.05 Å². The van der Waals surface area contributed by atoms with Crippen LogP contribution in [-0.2, 0) is 7.05 Å². The third-order valence-electron chi connectivity index (χ3n) is 2.93. The Hall–Kier alpha value is -1.21. The summed E-state index contributed by atoms with van der Waals surface area (Å²) in [5.74, 6) is 0.844. The maximum atomic E-state index is 6.13. The molecule has 4 nitrogen and oxygen atoms in total. The molecule has 0 unspecified atom stereocenters. The second-order valence-electron chi connectivity index (χ2n) is 4.32. The van der Waals surface area contributed by atoms with Crippen LogP contribution in [0.4, 0.5) is 0 Å². The smallest absolute Gasteiger partial charge is 0.194 e. The monoisotopic (exact) mass is 384 g/mol. The van der Waals surface area contributed by atoms with Gasteiger partial charge in [-0.15, -0.1) is 0 Å². The van der Waals surface area contributed by atoms with Crippen LogP contribution in [0, 0.1) is 10.8 Å². The summed E-state index contributed by atoms with van der Waals surface area (Å²) >= 11 is 8.19. The molecule has 3 rings (SSSR count). The van der Waals surface area contributed by atoms with Crippen LogP contribution in [0.2, 0.25) is 5.15 Å². The summed E-state index contributed by atoms with van der Waals surface area (Å²) < 4.78 is 2.56. The quantitative estimate of drug-likeness (QED) is 0.366. The topological polar surface area (TPSA) is 43.6 Å². The molecular weight excluding hydrogens is 375 g/mol. The van der Waals surface area contributed by atoms with Crippen molar-refractivity contribution in [2.75, 3.05) is 0 Å². The zero-order valence-corrected chi connectivity index (χ0v) is 13.3. The molecule has 0 radical (unpaired) electrons. The summed E-state index contributed by atoms with van der Waals surface area (Å²) in [7, 11) is 1.94. The van der Waals surface area contributed by atoms with Crippen molar-refractivity contribution in [3.8, 4) is 11.4 Å². The molecule has 0 atom stereocenters. The third-order valence-corrected chi connectivity index (χ3v) is 3.67. The summed E-state index contributed by atoms with van der Waals surface area (Å²) in [5, 5.41) is 0.393. The van der Waals surface area contributed by atoms with Crippen molar-refractivity contribution < 1.29 is 0 Å². The highest BCUT2D eigenvalue weighted by molar-refractivity contribution is 14.1. The number of aryl methyl sites for hydroxylation is 2. The molecular formula is C13H10ClIN4. The lowest BCUT2D eigenvalue weighted by molar-refractivity contribution is 0.934. The normalized spacial score (nSPS) is 11.2. The van der Waals surface area contributed by atoms with Gasteiger partial charge in [-0.2, -0.15) is 0 Å². The van der Waals surface area contributed by atoms with Gasteiger partial charge >= 0.3 is 0 Å². The lowest BCUT2D eigenvalue weighted by Crippen LogP contribution is -1.96. The van der Waals surface area contributed by atoms with E-state index in [0.29, 0.717) is 14.5 Å². The van der Waals surface area contributed by atoms with Gasteiger partial charge < -0.3 is 4.57 Å². The number of fused-ring (bicyclic) bond motifs is 1. The Balaban J connectivity index is 2.31. The molecule has 0 saturated carbocycles. The molecule has 0 saturated heterocycles. The maximum Gasteiger partial charge on any atom is 0.194 e. The van der Waals surface area contributed by atoms with Crippen LogP contribution in [0.3, 0.4) is 0 Å². The van der Waals surface area contributed by atoms with Gasteiger partial charge in [0, 0.05) is 35.2 Å². The Kier molecular flexibility index (Phi) is 3.18. The van der Waals surface area contributed by atoms with Gasteiger partial charge in [0.15, 0.2) is 14.6 Å². The molecule has 3 aromatic rings. The summed E-state index contributed by atoms with van der Waals surface area (Å²) in [6, 6.07) is 8.19. The standard InChI is InChI=1S/C13H10ClIN4/c1-7-4-3-5-8(6-7)11-16-9-10(14)17-13(15)18-12(9)19(11)2/h3-6H,1-2H3. The van der Waals surface area contributed by atoms with Crippen LogP contribution < -0.4 is 0 Å². The molecule has 0 bridgehead atoms. The van der Waals surface area contributed by atoms with Crippen LogP contribution in [0.15, 0.2) is 24.3 Å². The Morgan fingerprint density at radius 1 is 1.21 bits per heavy atom. The van der Waals surface area contributed by atoms with E-state index in [9.17, 15) is 0 Å². The summed E-state index contributed by atoms with van der Waals surface area (Å²) in [4.78, 5) is 13.1. The van der Waals surface area contributed by atoms with Gasteiger partial charge in [-0.05, 0) is 13.0 Å². The van der Waals surface area contributed by atoms with E-state index in [1.165, 1.54) is 5.56 Å². The first-order valence-electron chi connectivity index (χ1n) is 5.69. The van der Waals surface area contributed by atoms with Gasteiger partial charge in [0.05, 0.1) is 0 Å². The molecule has 0 spiro atoms. The predicted octanol–water partition coefficient (Wildman–Crippen LogP) is 3.60. The lowest BCUT2D eigenvalue weighted by Gasteiger charge is -2.02. The molecule has 0 amide bonds. The fraction of sp³-hybridized carbons (Fsp3) is 0.154. The largest absolute Gasteiger partial charge is 0.312 e. The lowest BCUT2D eigenvalue weighted by atomic mass is 10.1. The van der Waals surface area contributed by atoms with E-state index >= 15 is 0 Å². The highest BCUT2D eigenvalue weighted by Crippen LogP contribution is 2.26. The van der Waals surface area contributed by atoms with E-state index in [0.717, 1.165) is 17.0 Å². The first kappa shape index (κ1) is 12.8. The van der Waals surface area contributed by atoms with Gasteiger partial charge in [0.2, 0.25) is 0 Å². The number of halogens is 2. The number of hydrogen-bond donors (Lipinski definition) is 0. The maximum absolute atomic E-state index is 6.13. The highest BCUT2D eigenvalue weighted by Gasteiger charge is 2.15. The molecule has 6 heteroatoms. The number of imidazole rings is 1. The molecule has 2 heterocycles. The van der Waals surface area contributed by atoms with E-state index in [1.54, 1.807) is 0 Å². The van der Waals surface area contributed by atoms with Crippen molar-refractivity contribution in [3.63, 3.8) is 0 Å². The van der Waals surface area contributed by atoms with Gasteiger partial charge in [0.1, 0.15) is 11.3 Å². The Labute approximate surface area is 129 Å². The zero-order valence-electron chi connectivity index (χ0n) is 10.4. The molecule has 0 aliphatic carbocycles. The predicted molar refractivity (Wildman–Crippen MR) is 84.2 cm³/mol. The van der Waals surface area contributed by atoms with E-state index in [4.69, 9.17) is 11.6 Å². The Morgan fingerprint density at radius 3 is 2.74 bits per heavy atom. The van der Waals surface area contributed by atoms with E-state index in [2.05, 4.69) is 56.6 Å². The van der Waals surface area contributed by atoms with Crippen molar-refractivity contribution in [1.29, 1.82) is 0 Å². The van der Waals surface area contributed by atoms with Crippen molar-refractivity contribution >= 4 is 45.4 Å². The minimum absolute atomic E-state index is 0.393. The summed E-state index contributed by atoms with van der Waals surface area (Å²) in [6.07, 6.45) is 0. The van der Waals surface area contributed by atoms with Gasteiger partial charge in [-0.25, -0.2) is 15.0 Å². The number of nitrogens with zero attached hydrogens (tertiary/aromatic N) is 4. The van der Waals surface area contributed by atoms with E-state index in [-0.39, 0.29) is 0 Å². The molecule has 0 aliphatic heterocycles. The van der Waals surface area contributed by atoms with Crippen LogP contribution in [-0.4, -0.2) is 19.5 Å². The summed E-state index contributed by atoms with van der Waals surface area (Å²) in [6.45, 7) is 2.06. The van der Waals surface area contributed by atoms with Crippen LogP contribution in [0.5, 0.6) is 0 Å². The molecule has 0 fully saturated rings. The first-order valence-corrected chi connectivity index (χ1v) is 7.14. The average Bonchev–Trinajstić information content (AvgIpc) is 2.68. The van der Waals surface area contributed by atoms with Crippen molar-refractivity contribution in [1.82, 2.24) is 19.5 Å². The second kappa shape index (κ2) is 4.72. The van der Waals surface area contributed by atoms with Crippen LogP contribution in [0.25, 0.3) is 22.6 Å². The Morgan fingerprint density at radius 2 is 2.00 bits per heavy atom. The number of aromatic nitrogens is 4. The van der Waals surface area contributed by atoms with Crippen molar-refractivity contribution in [2.45, 2.75) is 6.92 Å². The minimum atomic E-state index is 0.393. The van der Waals surface area contributed by atoms with Crippen LogP contribution >= 0.6 is 34.2 Å². The van der Waals surface area contributed by atoms with Gasteiger partial charge in [-0.3, -0.25) is 0 Å². The third kappa shape index (κ3) is 2.21. The minimum Gasteiger partial charge on any atom is -0.312 e. The summed E-state index contributed by atoms with van der Waals surface area (Å²) in [5.41, 5.74) is 3.63. The molecule has 0 aliphatic rings. The average molecular weight is 385 g/mol.